The molecule has 0 aliphatic carbocycles. The number of benzene rings is 2. The maximum atomic E-state index is 11.2. The number of aryl methyl sites for hydroxylation is 1. The van der Waals surface area contributed by atoms with Gasteiger partial charge in [0.15, 0.2) is 0 Å². The highest BCUT2D eigenvalue weighted by atomic mass is 35.5. The van der Waals surface area contributed by atoms with Gasteiger partial charge in [-0.2, -0.15) is 0 Å². The van der Waals surface area contributed by atoms with E-state index in [0.29, 0.717) is 5.02 Å². The third-order valence-corrected chi connectivity index (χ3v) is 4.54. The van der Waals surface area contributed by atoms with Crippen molar-refractivity contribution in [3.63, 3.8) is 0 Å². The van der Waals surface area contributed by atoms with Crippen molar-refractivity contribution in [2.24, 2.45) is 5.14 Å². The molecule has 112 valence electrons. The van der Waals surface area contributed by atoms with Gasteiger partial charge in [0.2, 0.25) is 10.0 Å². The molecule has 6 heteroatoms. The molecule has 1 atom stereocenters. The van der Waals surface area contributed by atoms with Crippen molar-refractivity contribution in [3.8, 4) is 0 Å². The fraction of sp³-hybridized carbons (Fsp3) is 0.200. The van der Waals surface area contributed by atoms with Crippen LogP contribution < -0.4 is 10.5 Å². The second kappa shape index (κ2) is 6.05. The minimum atomic E-state index is -3.66. The monoisotopic (exact) mass is 324 g/mol. The van der Waals surface area contributed by atoms with Crippen molar-refractivity contribution in [3.05, 3.63) is 58.6 Å². The first-order valence-corrected chi connectivity index (χ1v) is 8.36. The molecule has 2 aromatic carbocycles. The molecule has 0 radical (unpaired) electrons. The van der Waals surface area contributed by atoms with E-state index in [4.69, 9.17) is 16.7 Å². The topological polar surface area (TPSA) is 72.2 Å². The maximum absolute atomic E-state index is 11.2. The van der Waals surface area contributed by atoms with Gasteiger partial charge in [0, 0.05) is 6.04 Å². The lowest BCUT2D eigenvalue weighted by atomic mass is 10.1. The first kappa shape index (κ1) is 15.8. The van der Waals surface area contributed by atoms with Crippen LogP contribution in [0.1, 0.15) is 24.1 Å². The van der Waals surface area contributed by atoms with Gasteiger partial charge >= 0.3 is 0 Å². The molecule has 2 rings (SSSR count). The third kappa shape index (κ3) is 3.75. The van der Waals surface area contributed by atoms with Crippen molar-refractivity contribution in [2.45, 2.75) is 24.8 Å². The van der Waals surface area contributed by atoms with Crippen LogP contribution in [0.5, 0.6) is 0 Å². The lowest BCUT2D eigenvalue weighted by molar-refractivity contribution is 0.597. The standard InChI is InChI=1S/C15H17ClN2O2S/c1-10-4-3-5-14(16)15(10)18-11(2)12-6-8-13(9-7-12)21(17,19)20/h3-9,11,18H,1-2H3,(H2,17,19,20). The van der Waals surface area contributed by atoms with Gasteiger partial charge in [-0.3, -0.25) is 0 Å². The van der Waals surface area contributed by atoms with Crippen LogP contribution in [0.2, 0.25) is 5.02 Å². The van der Waals surface area contributed by atoms with Gasteiger partial charge in [-0.15, -0.1) is 0 Å². The summed E-state index contributed by atoms with van der Waals surface area (Å²) in [5.41, 5.74) is 2.87. The quantitative estimate of drug-likeness (QED) is 0.904. The van der Waals surface area contributed by atoms with Gasteiger partial charge in [-0.25, -0.2) is 13.6 Å². The molecule has 1 unspecified atom stereocenters. The molecular formula is C15H17ClN2O2S. The van der Waals surface area contributed by atoms with Crippen LogP contribution in [0, 0.1) is 6.92 Å². The number of rotatable bonds is 4. The average molecular weight is 325 g/mol. The molecule has 0 heterocycles. The minimum absolute atomic E-state index is 0.0156. The first-order valence-electron chi connectivity index (χ1n) is 6.43. The van der Waals surface area contributed by atoms with E-state index < -0.39 is 10.0 Å². The summed E-state index contributed by atoms with van der Waals surface area (Å²) in [7, 11) is -3.66. The van der Waals surface area contributed by atoms with Gasteiger partial charge in [0.05, 0.1) is 15.6 Å². The van der Waals surface area contributed by atoms with Crippen molar-refractivity contribution < 1.29 is 8.42 Å². The molecule has 0 fully saturated rings. The Labute approximate surface area is 130 Å². The van der Waals surface area contributed by atoms with Crippen molar-refractivity contribution in [1.29, 1.82) is 0 Å². The average Bonchev–Trinajstić information content (AvgIpc) is 2.42. The van der Waals surface area contributed by atoms with Crippen LogP contribution in [0.15, 0.2) is 47.4 Å². The summed E-state index contributed by atoms with van der Waals surface area (Å²) in [5, 5.41) is 9.08. The zero-order valence-corrected chi connectivity index (χ0v) is 13.4. The predicted molar refractivity (Wildman–Crippen MR) is 86.0 cm³/mol. The molecule has 2 aromatic rings. The third-order valence-electron chi connectivity index (χ3n) is 3.29. The summed E-state index contributed by atoms with van der Waals surface area (Å²) in [4.78, 5) is 0.104. The maximum Gasteiger partial charge on any atom is 0.238 e. The number of anilines is 1. The smallest absolute Gasteiger partial charge is 0.238 e. The number of nitrogens with one attached hydrogen (secondary N) is 1. The second-order valence-corrected chi connectivity index (χ2v) is 6.88. The Balaban J connectivity index is 2.23. The molecule has 0 aliphatic heterocycles. The summed E-state index contributed by atoms with van der Waals surface area (Å²) >= 11 is 6.19. The molecule has 0 aliphatic rings. The van der Waals surface area contributed by atoms with Crippen LogP contribution in [0.3, 0.4) is 0 Å². The lowest BCUT2D eigenvalue weighted by Crippen LogP contribution is -2.13. The van der Waals surface area contributed by atoms with Crippen LogP contribution >= 0.6 is 11.6 Å². The number of halogens is 1. The largest absolute Gasteiger partial charge is 0.377 e. The van der Waals surface area contributed by atoms with E-state index in [-0.39, 0.29) is 10.9 Å². The highest BCUT2D eigenvalue weighted by molar-refractivity contribution is 7.89. The van der Waals surface area contributed by atoms with Gasteiger partial charge in [-0.1, -0.05) is 35.9 Å². The number of primary sulfonamides is 1. The Kier molecular flexibility index (Phi) is 4.56. The fourth-order valence-electron chi connectivity index (χ4n) is 2.06. The molecule has 0 spiro atoms. The fourth-order valence-corrected chi connectivity index (χ4v) is 2.85. The second-order valence-electron chi connectivity index (χ2n) is 4.91. The van der Waals surface area contributed by atoms with E-state index >= 15 is 0 Å². The van der Waals surface area contributed by atoms with E-state index in [1.54, 1.807) is 12.1 Å². The van der Waals surface area contributed by atoms with Crippen LogP contribution in [-0.2, 0) is 10.0 Å². The minimum Gasteiger partial charge on any atom is -0.377 e. The van der Waals surface area contributed by atoms with Gasteiger partial charge in [-0.05, 0) is 43.2 Å². The Morgan fingerprint density at radius 3 is 2.29 bits per heavy atom. The molecule has 0 bridgehead atoms. The molecule has 0 aromatic heterocycles. The summed E-state index contributed by atoms with van der Waals surface area (Å²) < 4.78 is 22.5. The highest BCUT2D eigenvalue weighted by Gasteiger charge is 2.12. The Morgan fingerprint density at radius 1 is 1.14 bits per heavy atom. The van der Waals surface area contributed by atoms with E-state index in [1.807, 2.05) is 32.0 Å². The molecule has 21 heavy (non-hydrogen) atoms. The van der Waals surface area contributed by atoms with E-state index in [0.717, 1.165) is 16.8 Å². The SMILES string of the molecule is Cc1cccc(Cl)c1NC(C)c1ccc(S(N)(=O)=O)cc1. The van der Waals surface area contributed by atoms with Crippen molar-refractivity contribution in [1.82, 2.24) is 0 Å². The van der Waals surface area contributed by atoms with Crippen LogP contribution in [0.25, 0.3) is 0 Å². The van der Waals surface area contributed by atoms with E-state index in [1.165, 1.54) is 12.1 Å². The lowest BCUT2D eigenvalue weighted by Gasteiger charge is -2.18. The summed E-state index contributed by atoms with van der Waals surface area (Å²) in [6.07, 6.45) is 0. The van der Waals surface area contributed by atoms with Crippen LogP contribution in [0.4, 0.5) is 5.69 Å². The summed E-state index contributed by atoms with van der Waals surface area (Å²) in [6.45, 7) is 3.96. The zero-order valence-electron chi connectivity index (χ0n) is 11.8. The van der Waals surface area contributed by atoms with Gasteiger partial charge in [0.25, 0.3) is 0 Å². The molecule has 0 saturated heterocycles. The number of para-hydroxylation sites is 1. The Bertz CT molecular complexity index is 723. The number of nitrogens with two attached hydrogens (primary N) is 1. The van der Waals surface area contributed by atoms with Crippen LogP contribution in [-0.4, -0.2) is 8.42 Å². The van der Waals surface area contributed by atoms with E-state index in [2.05, 4.69) is 5.32 Å². The molecule has 0 amide bonds. The predicted octanol–water partition coefficient (Wildman–Crippen LogP) is 3.47. The van der Waals surface area contributed by atoms with Crippen molar-refractivity contribution in [2.75, 3.05) is 5.32 Å². The molecule has 4 nitrogen and oxygen atoms in total. The Morgan fingerprint density at radius 2 is 1.76 bits per heavy atom. The Hall–Kier alpha value is -1.56. The highest BCUT2D eigenvalue weighted by Crippen LogP contribution is 2.29. The number of hydrogen-bond acceptors (Lipinski definition) is 3. The normalized spacial score (nSPS) is 13.0. The first-order chi connectivity index (χ1) is 9.79. The molecule has 0 saturated carbocycles. The van der Waals surface area contributed by atoms with Crippen molar-refractivity contribution >= 4 is 27.3 Å². The number of sulfonamides is 1. The van der Waals surface area contributed by atoms with Gasteiger partial charge < -0.3 is 5.32 Å². The molecule has 3 N–H and O–H groups in total. The van der Waals surface area contributed by atoms with E-state index in [9.17, 15) is 8.42 Å². The van der Waals surface area contributed by atoms with Gasteiger partial charge in [0.1, 0.15) is 0 Å². The summed E-state index contributed by atoms with van der Waals surface area (Å²) in [6, 6.07) is 12.2. The zero-order chi connectivity index (χ0) is 15.6. The number of hydrogen-bond donors (Lipinski definition) is 2. The molecular weight excluding hydrogens is 308 g/mol. The summed E-state index contributed by atoms with van der Waals surface area (Å²) in [5.74, 6) is 0.